The number of amides is 2. The van der Waals surface area contributed by atoms with E-state index < -0.39 is 16.9 Å². The molecule has 3 N–H and O–H groups in total. The predicted octanol–water partition coefficient (Wildman–Crippen LogP) is 1.72. The first-order valence-electron chi connectivity index (χ1n) is 9.46. The normalized spacial score (nSPS) is 21.1. The van der Waals surface area contributed by atoms with Crippen LogP contribution < -0.4 is 16.0 Å². The van der Waals surface area contributed by atoms with Gasteiger partial charge in [0.15, 0.2) is 0 Å². The molecule has 2 aromatic rings. The molecule has 1 atom stereocenters. The summed E-state index contributed by atoms with van der Waals surface area (Å²) < 4.78 is 1.46. The van der Waals surface area contributed by atoms with E-state index in [0.717, 1.165) is 12.8 Å². The maximum atomic E-state index is 13.0. The van der Waals surface area contributed by atoms with E-state index in [2.05, 4.69) is 26.5 Å². The average Bonchev–Trinajstić information content (AvgIpc) is 3.34. The molecule has 0 aromatic carbocycles. The molecule has 0 unspecified atom stereocenters. The topological polar surface area (TPSA) is 143 Å². The summed E-state index contributed by atoms with van der Waals surface area (Å²) in [6.45, 7) is 3.80. The van der Waals surface area contributed by atoms with Crippen molar-refractivity contribution < 1.29 is 9.59 Å². The highest BCUT2D eigenvalue weighted by atomic mass is 35.5. The van der Waals surface area contributed by atoms with Gasteiger partial charge in [-0.05, 0) is 45.1 Å². The van der Waals surface area contributed by atoms with Gasteiger partial charge < -0.3 is 11.1 Å². The summed E-state index contributed by atoms with van der Waals surface area (Å²) in [6.07, 6.45) is 7.10. The van der Waals surface area contributed by atoms with E-state index in [1.165, 1.54) is 10.9 Å². The summed E-state index contributed by atoms with van der Waals surface area (Å²) in [5.41, 5.74) is 4.10. The Bertz CT molecular complexity index is 1030. The van der Waals surface area contributed by atoms with Crippen molar-refractivity contribution in [2.75, 3.05) is 16.8 Å². The second kappa shape index (κ2) is 7.57. The summed E-state index contributed by atoms with van der Waals surface area (Å²) in [4.78, 5) is 34.7. The van der Waals surface area contributed by atoms with E-state index in [1.807, 2.05) is 0 Å². The molecule has 0 radical (unpaired) electrons. The standard InChI is InChI=1S/C19H22N8O2.ClH/c1-18(2,15(21)28)27-10-13(9-23-27)24-17-22-7-5-14(25-17)26-8-6-19(11-20,16(26)29)12-3-4-12;/h5,7,9-10,12H,3-4,6,8H2,1-2H3,(H2,21,28)(H,22,24,25);1H/t19-;/m1./s1. The van der Waals surface area contributed by atoms with Crippen LogP contribution in [0.2, 0.25) is 0 Å². The van der Waals surface area contributed by atoms with Crippen molar-refractivity contribution >= 4 is 41.7 Å². The molecule has 1 aliphatic carbocycles. The second-order valence-corrected chi connectivity index (χ2v) is 8.02. The van der Waals surface area contributed by atoms with Gasteiger partial charge in [-0.2, -0.15) is 15.3 Å². The Hall–Kier alpha value is -3.19. The van der Waals surface area contributed by atoms with Crippen LogP contribution in [0.25, 0.3) is 0 Å². The second-order valence-electron chi connectivity index (χ2n) is 8.02. The highest BCUT2D eigenvalue weighted by Gasteiger charge is 2.57. The van der Waals surface area contributed by atoms with Crippen molar-refractivity contribution in [1.82, 2.24) is 19.7 Å². The molecule has 2 fully saturated rings. The number of anilines is 3. The van der Waals surface area contributed by atoms with Crippen LogP contribution in [-0.4, -0.2) is 38.1 Å². The number of nitriles is 1. The minimum absolute atomic E-state index is 0. The van der Waals surface area contributed by atoms with Gasteiger partial charge in [-0.15, -0.1) is 12.4 Å². The van der Waals surface area contributed by atoms with Crippen LogP contribution in [0.3, 0.4) is 0 Å². The van der Waals surface area contributed by atoms with Crippen molar-refractivity contribution in [3.8, 4) is 6.07 Å². The molecule has 1 saturated carbocycles. The molecule has 10 nitrogen and oxygen atoms in total. The predicted molar refractivity (Wildman–Crippen MR) is 111 cm³/mol. The Kier molecular flexibility index (Phi) is 5.43. The molecule has 0 spiro atoms. The van der Waals surface area contributed by atoms with E-state index in [9.17, 15) is 14.9 Å². The summed E-state index contributed by atoms with van der Waals surface area (Å²) in [7, 11) is 0. The molecule has 1 aliphatic heterocycles. The van der Waals surface area contributed by atoms with Crippen LogP contribution in [0.5, 0.6) is 0 Å². The number of halogens is 1. The third kappa shape index (κ3) is 3.45. The van der Waals surface area contributed by atoms with Gasteiger partial charge in [0.25, 0.3) is 0 Å². The first kappa shape index (κ1) is 21.5. The number of carbonyl (C=O) groups excluding carboxylic acids is 2. The van der Waals surface area contributed by atoms with Gasteiger partial charge in [0.1, 0.15) is 16.8 Å². The molecule has 2 aromatic heterocycles. The van der Waals surface area contributed by atoms with Crippen LogP contribution in [0.15, 0.2) is 24.7 Å². The van der Waals surface area contributed by atoms with Gasteiger partial charge in [0, 0.05) is 18.9 Å². The first-order chi connectivity index (χ1) is 13.8. The smallest absolute Gasteiger partial charge is 0.248 e. The fraction of sp³-hybridized carbons (Fsp3) is 0.474. The molecule has 11 heteroatoms. The van der Waals surface area contributed by atoms with Crippen molar-refractivity contribution in [2.24, 2.45) is 17.1 Å². The highest BCUT2D eigenvalue weighted by Crippen LogP contribution is 2.51. The lowest BCUT2D eigenvalue weighted by Crippen LogP contribution is -2.41. The number of hydrogen-bond donors (Lipinski definition) is 2. The lowest BCUT2D eigenvalue weighted by molar-refractivity contribution is -0.125. The van der Waals surface area contributed by atoms with Crippen LogP contribution in [0.1, 0.15) is 33.1 Å². The molecule has 4 rings (SSSR count). The summed E-state index contributed by atoms with van der Waals surface area (Å²) >= 11 is 0. The number of nitrogens with one attached hydrogen (secondary N) is 1. The van der Waals surface area contributed by atoms with Gasteiger partial charge in [-0.25, -0.2) is 4.98 Å². The Morgan fingerprint density at radius 2 is 2.17 bits per heavy atom. The van der Waals surface area contributed by atoms with E-state index in [0.29, 0.717) is 24.5 Å². The van der Waals surface area contributed by atoms with Gasteiger partial charge in [0.05, 0.1) is 18.0 Å². The third-order valence-electron chi connectivity index (χ3n) is 5.76. The number of nitrogens with zero attached hydrogens (tertiary/aromatic N) is 6. The Morgan fingerprint density at radius 3 is 2.80 bits per heavy atom. The van der Waals surface area contributed by atoms with E-state index >= 15 is 0 Å². The zero-order valence-corrected chi connectivity index (χ0v) is 17.5. The highest BCUT2D eigenvalue weighted by molar-refractivity contribution is 6.01. The minimum atomic E-state index is -0.978. The maximum absolute atomic E-state index is 13.0. The molecule has 2 amide bonds. The fourth-order valence-corrected chi connectivity index (χ4v) is 3.60. The molecular formula is C19H23ClN8O2. The van der Waals surface area contributed by atoms with Crippen LogP contribution in [0, 0.1) is 22.7 Å². The summed E-state index contributed by atoms with van der Waals surface area (Å²) in [6, 6.07) is 3.93. The zero-order chi connectivity index (χ0) is 20.8. The number of aromatic nitrogens is 4. The van der Waals surface area contributed by atoms with Crippen LogP contribution >= 0.6 is 12.4 Å². The molecule has 1 saturated heterocycles. The Labute approximate surface area is 179 Å². The van der Waals surface area contributed by atoms with E-state index in [1.54, 1.807) is 37.2 Å². The van der Waals surface area contributed by atoms with Gasteiger partial charge in [-0.3, -0.25) is 19.2 Å². The van der Waals surface area contributed by atoms with Crippen LogP contribution in [-0.2, 0) is 15.1 Å². The lowest BCUT2D eigenvalue weighted by Gasteiger charge is -2.21. The molecule has 158 valence electrons. The third-order valence-corrected chi connectivity index (χ3v) is 5.76. The zero-order valence-electron chi connectivity index (χ0n) is 16.7. The lowest BCUT2D eigenvalue weighted by atomic mass is 9.83. The Morgan fingerprint density at radius 1 is 1.43 bits per heavy atom. The number of carbonyl (C=O) groups is 2. The SMILES string of the molecule is CC(C)(C(N)=O)n1cc(Nc2nccc(N3CC[C@@](C#N)(C4CC4)C3=O)n2)cn1.Cl. The van der Waals surface area contributed by atoms with Gasteiger partial charge >= 0.3 is 0 Å². The fourth-order valence-electron chi connectivity index (χ4n) is 3.60. The van der Waals surface area contributed by atoms with Crippen LogP contribution in [0.4, 0.5) is 17.5 Å². The molecule has 2 aliphatic rings. The number of rotatable bonds is 6. The Balaban J connectivity index is 0.00000256. The number of primary amides is 1. The molecule has 3 heterocycles. The maximum Gasteiger partial charge on any atom is 0.248 e. The van der Waals surface area contributed by atoms with Gasteiger partial charge in [0.2, 0.25) is 17.8 Å². The molecule has 30 heavy (non-hydrogen) atoms. The molecular weight excluding hydrogens is 408 g/mol. The van der Waals surface area contributed by atoms with E-state index in [4.69, 9.17) is 5.73 Å². The summed E-state index contributed by atoms with van der Waals surface area (Å²) in [5, 5.41) is 16.8. The number of hydrogen-bond acceptors (Lipinski definition) is 7. The van der Waals surface area contributed by atoms with Crippen molar-refractivity contribution in [3.05, 3.63) is 24.7 Å². The van der Waals surface area contributed by atoms with E-state index in [-0.39, 0.29) is 30.2 Å². The van der Waals surface area contributed by atoms with Crippen molar-refractivity contribution in [2.45, 2.75) is 38.6 Å². The number of nitrogens with two attached hydrogens (primary N) is 1. The molecule has 0 bridgehead atoms. The summed E-state index contributed by atoms with van der Waals surface area (Å²) in [5.74, 6) is 0.212. The van der Waals surface area contributed by atoms with Crippen molar-refractivity contribution in [3.63, 3.8) is 0 Å². The minimum Gasteiger partial charge on any atom is -0.368 e. The monoisotopic (exact) mass is 430 g/mol. The first-order valence-corrected chi connectivity index (χ1v) is 9.46. The quantitative estimate of drug-likeness (QED) is 0.709. The van der Waals surface area contributed by atoms with Crippen molar-refractivity contribution in [1.29, 1.82) is 5.26 Å². The largest absolute Gasteiger partial charge is 0.368 e. The van der Waals surface area contributed by atoms with Gasteiger partial charge in [-0.1, -0.05) is 0 Å². The average molecular weight is 431 g/mol.